The van der Waals surface area contributed by atoms with Gasteiger partial charge in [-0.15, -0.1) is 0 Å². The Balaban J connectivity index is 2.35. The average molecular weight is 300 g/mol. The van der Waals surface area contributed by atoms with Crippen molar-refractivity contribution in [2.24, 2.45) is 5.92 Å². The Morgan fingerprint density at radius 3 is 2.65 bits per heavy atom. The van der Waals surface area contributed by atoms with Gasteiger partial charge in [-0.1, -0.05) is 13.3 Å². The molecule has 1 aliphatic rings. The van der Waals surface area contributed by atoms with Gasteiger partial charge in [-0.2, -0.15) is 5.10 Å². The Hall–Kier alpha value is -1.24. The zero-order valence-corrected chi connectivity index (χ0v) is 13.2. The van der Waals surface area contributed by atoms with E-state index in [2.05, 4.69) is 17.3 Å². The van der Waals surface area contributed by atoms with Gasteiger partial charge in [0.15, 0.2) is 20.6 Å². The summed E-state index contributed by atoms with van der Waals surface area (Å²) in [6, 6.07) is 0.150. The smallest absolute Gasteiger partial charge is 0.182 e. The van der Waals surface area contributed by atoms with Gasteiger partial charge in [-0.3, -0.25) is 0 Å². The topological polar surface area (TPSA) is 90.0 Å². The number of rotatable bonds is 7. The Morgan fingerprint density at radius 1 is 1.50 bits per heavy atom. The Kier molecular flexibility index (Phi) is 4.27. The fourth-order valence-electron chi connectivity index (χ4n) is 2.39. The van der Waals surface area contributed by atoms with Gasteiger partial charge < -0.3 is 11.1 Å². The monoisotopic (exact) mass is 300 g/mol. The highest BCUT2D eigenvalue weighted by molar-refractivity contribution is 7.91. The van der Waals surface area contributed by atoms with Gasteiger partial charge in [0.2, 0.25) is 0 Å². The molecule has 0 aliphatic heterocycles. The normalized spacial score (nSPS) is 17.1. The number of nitrogens with one attached hydrogen (secondary N) is 1. The number of hydrogen-bond acceptors (Lipinski definition) is 5. The Bertz CT molecular complexity index is 575. The molecule has 1 unspecified atom stereocenters. The third-order valence-corrected chi connectivity index (χ3v) is 4.93. The largest absolute Gasteiger partial charge is 0.383 e. The van der Waals surface area contributed by atoms with Crippen molar-refractivity contribution in [2.75, 3.05) is 23.9 Å². The van der Waals surface area contributed by atoms with Crippen LogP contribution < -0.4 is 11.1 Å². The standard InChI is InChI=1S/C13H24N4O2S/c1-4-5-8-15-13-11(20(3,18)19)12(14)17(16-13)9(2)10-6-7-10/h9-10H,4-8,14H2,1-3H3,(H,15,16). The SMILES string of the molecule is CCCCNc1nn(C(C)C2CC2)c(N)c1S(C)(=O)=O. The molecule has 1 aromatic heterocycles. The second-order valence-electron chi connectivity index (χ2n) is 5.64. The van der Waals surface area contributed by atoms with E-state index in [0.717, 1.165) is 25.7 Å². The first kappa shape index (κ1) is 15.2. The van der Waals surface area contributed by atoms with Crippen molar-refractivity contribution in [3.8, 4) is 0 Å². The van der Waals surface area contributed by atoms with E-state index in [1.807, 2.05) is 6.92 Å². The van der Waals surface area contributed by atoms with Gasteiger partial charge in [-0.05, 0) is 32.1 Å². The molecule has 1 fully saturated rings. The van der Waals surface area contributed by atoms with Crippen LogP contribution in [0.15, 0.2) is 4.90 Å². The molecule has 1 heterocycles. The minimum atomic E-state index is -3.39. The van der Waals surface area contributed by atoms with Crippen LogP contribution in [0.1, 0.15) is 45.6 Å². The third-order valence-electron chi connectivity index (χ3n) is 3.79. The van der Waals surface area contributed by atoms with Crippen molar-refractivity contribution in [1.29, 1.82) is 0 Å². The highest BCUT2D eigenvalue weighted by Crippen LogP contribution is 2.41. The fourth-order valence-corrected chi connectivity index (χ4v) is 3.32. The van der Waals surface area contributed by atoms with Crippen LogP contribution in [0.3, 0.4) is 0 Å². The van der Waals surface area contributed by atoms with E-state index in [1.165, 1.54) is 6.26 Å². The highest BCUT2D eigenvalue weighted by atomic mass is 32.2. The summed E-state index contributed by atoms with van der Waals surface area (Å²) >= 11 is 0. The van der Waals surface area contributed by atoms with Crippen LogP contribution in [0.4, 0.5) is 11.6 Å². The summed E-state index contributed by atoms with van der Waals surface area (Å²) in [5, 5.41) is 7.52. The molecule has 0 aromatic carbocycles. The predicted molar refractivity (Wildman–Crippen MR) is 80.6 cm³/mol. The van der Waals surface area contributed by atoms with Gasteiger partial charge in [0.05, 0.1) is 6.04 Å². The van der Waals surface area contributed by atoms with E-state index < -0.39 is 9.84 Å². The molecule has 7 heteroatoms. The second-order valence-corrected chi connectivity index (χ2v) is 7.59. The molecule has 3 N–H and O–H groups in total. The van der Waals surface area contributed by atoms with Gasteiger partial charge in [0, 0.05) is 12.8 Å². The number of nitrogen functional groups attached to an aromatic ring is 1. The second kappa shape index (κ2) is 5.63. The minimum Gasteiger partial charge on any atom is -0.383 e. The Morgan fingerprint density at radius 2 is 2.15 bits per heavy atom. The first-order valence-electron chi connectivity index (χ1n) is 7.18. The van der Waals surface area contributed by atoms with Crippen LogP contribution in [-0.2, 0) is 9.84 Å². The van der Waals surface area contributed by atoms with Crippen LogP contribution in [0.25, 0.3) is 0 Å². The summed E-state index contributed by atoms with van der Waals surface area (Å²) in [5.41, 5.74) is 6.04. The lowest BCUT2D eigenvalue weighted by atomic mass is 10.2. The van der Waals surface area contributed by atoms with Crippen LogP contribution >= 0.6 is 0 Å². The lowest BCUT2D eigenvalue weighted by molar-refractivity contribution is 0.446. The van der Waals surface area contributed by atoms with Crippen molar-refractivity contribution in [2.45, 2.75) is 50.5 Å². The summed E-state index contributed by atoms with van der Waals surface area (Å²) in [6.45, 7) is 4.83. The van der Waals surface area contributed by atoms with E-state index >= 15 is 0 Å². The first-order valence-corrected chi connectivity index (χ1v) is 9.07. The van der Waals surface area contributed by atoms with E-state index in [9.17, 15) is 8.42 Å². The molecule has 0 radical (unpaired) electrons. The van der Waals surface area contributed by atoms with Gasteiger partial charge >= 0.3 is 0 Å². The molecule has 1 atom stereocenters. The van der Waals surface area contributed by atoms with Crippen LogP contribution in [0.2, 0.25) is 0 Å². The van der Waals surface area contributed by atoms with Crippen molar-refractivity contribution in [3.63, 3.8) is 0 Å². The molecule has 20 heavy (non-hydrogen) atoms. The van der Waals surface area contributed by atoms with Crippen molar-refractivity contribution < 1.29 is 8.42 Å². The lowest BCUT2D eigenvalue weighted by Crippen LogP contribution is -2.13. The van der Waals surface area contributed by atoms with E-state index in [4.69, 9.17) is 5.73 Å². The molecule has 0 bridgehead atoms. The number of nitrogens with two attached hydrogens (primary N) is 1. The molecule has 1 aromatic rings. The number of sulfone groups is 1. The first-order chi connectivity index (χ1) is 9.36. The summed E-state index contributed by atoms with van der Waals surface area (Å²) in [7, 11) is -3.39. The molecule has 6 nitrogen and oxygen atoms in total. The number of anilines is 2. The Labute approximate surface area is 120 Å². The van der Waals surface area contributed by atoms with E-state index in [1.54, 1.807) is 4.68 Å². The number of nitrogens with zero attached hydrogens (tertiary/aromatic N) is 2. The number of unbranched alkanes of at least 4 members (excludes halogenated alkanes) is 1. The van der Waals surface area contributed by atoms with E-state index in [-0.39, 0.29) is 16.8 Å². The van der Waals surface area contributed by atoms with E-state index in [0.29, 0.717) is 18.3 Å². The maximum Gasteiger partial charge on any atom is 0.182 e. The summed E-state index contributed by atoms with van der Waals surface area (Å²) in [4.78, 5) is 0.140. The summed E-state index contributed by atoms with van der Waals surface area (Å²) in [5.74, 6) is 1.21. The van der Waals surface area contributed by atoms with Crippen LogP contribution in [0, 0.1) is 5.92 Å². The lowest BCUT2D eigenvalue weighted by Gasteiger charge is -2.12. The number of aromatic nitrogens is 2. The average Bonchev–Trinajstić information content (AvgIpc) is 3.12. The number of hydrogen-bond donors (Lipinski definition) is 2. The molecule has 0 saturated heterocycles. The van der Waals surface area contributed by atoms with Crippen molar-refractivity contribution in [3.05, 3.63) is 0 Å². The summed E-state index contributed by atoms with van der Waals surface area (Å²) in [6.07, 6.45) is 5.50. The van der Waals surface area contributed by atoms with Crippen molar-refractivity contribution in [1.82, 2.24) is 9.78 Å². The fraction of sp³-hybridized carbons (Fsp3) is 0.769. The van der Waals surface area contributed by atoms with Crippen LogP contribution in [-0.4, -0.2) is 31.0 Å². The maximum atomic E-state index is 12.0. The zero-order chi connectivity index (χ0) is 14.9. The maximum absolute atomic E-state index is 12.0. The molecule has 1 saturated carbocycles. The predicted octanol–water partition coefficient (Wildman–Crippen LogP) is 2.05. The molecule has 1 aliphatic carbocycles. The molecular weight excluding hydrogens is 276 g/mol. The zero-order valence-electron chi connectivity index (χ0n) is 12.4. The molecule has 0 spiro atoms. The molecular formula is C13H24N4O2S. The molecule has 2 rings (SSSR count). The highest BCUT2D eigenvalue weighted by Gasteiger charge is 2.33. The molecule has 0 amide bonds. The minimum absolute atomic E-state index is 0.140. The van der Waals surface area contributed by atoms with Crippen LogP contribution in [0.5, 0.6) is 0 Å². The summed E-state index contributed by atoms with van der Waals surface area (Å²) < 4.78 is 25.6. The van der Waals surface area contributed by atoms with Crippen molar-refractivity contribution >= 4 is 21.5 Å². The van der Waals surface area contributed by atoms with Gasteiger partial charge in [-0.25, -0.2) is 13.1 Å². The molecule has 114 valence electrons. The third kappa shape index (κ3) is 3.08. The van der Waals surface area contributed by atoms with Gasteiger partial charge in [0.25, 0.3) is 0 Å². The quantitative estimate of drug-likeness (QED) is 0.752. The van der Waals surface area contributed by atoms with Gasteiger partial charge in [0.1, 0.15) is 5.82 Å².